The predicted octanol–water partition coefficient (Wildman–Crippen LogP) is 3.90. The lowest BCUT2D eigenvalue weighted by Crippen LogP contribution is -2.07. The van der Waals surface area contributed by atoms with E-state index in [1.165, 1.54) is 6.33 Å². The fourth-order valence-electron chi connectivity index (χ4n) is 3.35. The van der Waals surface area contributed by atoms with Gasteiger partial charge in [0.2, 0.25) is 0 Å². The van der Waals surface area contributed by atoms with Gasteiger partial charge in [-0.2, -0.15) is 23.3 Å². The average Bonchev–Trinajstić information content (AvgIpc) is 3.32. The second-order valence-corrected chi connectivity index (χ2v) is 6.78. The first kappa shape index (κ1) is 17.0. The topological polar surface area (TPSA) is 74.6 Å². The number of alkyl halides is 3. The fourth-order valence-corrected chi connectivity index (χ4v) is 3.52. The monoisotopic (exact) mass is 406 g/mol. The first-order valence-corrected chi connectivity index (χ1v) is 8.49. The van der Waals surface area contributed by atoms with Crippen molar-refractivity contribution in [2.24, 2.45) is 7.05 Å². The Labute approximate surface area is 160 Å². The Bertz CT molecular complexity index is 1220. The number of hydrogen-bond acceptors (Lipinski definition) is 5. The number of rotatable bonds is 1. The van der Waals surface area contributed by atoms with Crippen molar-refractivity contribution in [1.29, 1.82) is 0 Å². The zero-order valence-electron chi connectivity index (χ0n) is 14.2. The number of imidazole rings is 1. The summed E-state index contributed by atoms with van der Waals surface area (Å²) in [6.45, 7) is 0. The lowest BCUT2D eigenvalue weighted by atomic mass is 10.0. The van der Waals surface area contributed by atoms with Crippen LogP contribution < -0.4 is 0 Å². The molecule has 0 unspecified atom stereocenters. The minimum Gasteiger partial charge on any atom is -0.332 e. The van der Waals surface area contributed by atoms with Crippen molar-refractivity contribution in [2.75, 3.05) is 0 Å². The van der Waals surface area contributed by atoms with E-state index in [4.69, 9.17) is 16.1 Å². The summed E-state index contributed by atoms with van der Waals surface area (Å²) < 4.78 is 46.8. The quantitative estimate of drug-likeness (QED) is 0.422. The van der Waals surface area contributed by atoms with Crippen LogP contribution in [0.1, 0.15) is 17.1 Å². The maximum absolute atomic E-state index is 12.8. The molecule has 0 aliphatic carbocycles. The van der Waals surface area contributed by atoms with Gasteiger partial charge in [0.1, 0.15) is 6.33 Å². The van der Waals surface area contributed by atoms with Crippen LogP contribution in [0, 0.1) is 0 Å². The van der Waals surface area contributed by atoms with Gasteiger partial charge in [0.05, 0.1) is 17.1 Å². The van der Waals surface area contributed by atoms with Crippen LogP contribution in [0.5, 0.6) is 0 Å². The molecule has 1 aliphatic rings. The molecule has 0 bridgehead atoms. The van der Waals surface area contributed by atoms with Crippen molar-refractivity contribution in [1.82, 2.24) is 29.5 Å². The number of fused-ring (bicyclic) bond motifs is 5. The van der Waals surface area contributed by atoms with Gasteiger partial charge in [-0.05, 0) is 18.2 Å². The molecule has 0 spiro atoms. The molecule has 1 aromatic carbocycles. The molecular weight excluding hydrogens is 397 g/mol. The molecule has 0 saturated carbocycles. The van der Waals surface area contributed by atoms with E-state index in [0.717, 1.165) is 22.5 Å². The standard InChI is InChI=1S/C17H10ClF3N6O/c1-26-6-8-4-12-14(15-23-16(25-28-15)17(19,20)21)22-7-27(12)11-3-2-9(18)5-10(11)13(8)24-26/h2-3,5-7H,4H2,1H3. The molecule has 4 aromatic rings. The van der Waals surface area contributed by atoms with Crippen molar-refractivity contribution < 1.29 is 17.7 Å². The molecule has 142 valence electrons. The number of aryl methyl sites for hydroxylation is 1. The predicted molar refractivity (Wildman–Crippen MR) is 91.9 cm³/mol. The number of nitrogens with zero attached hydrogens (tertiary/aromatic N) is 6. The Morgan fingerprint density at radius 1 is 1.21 bits per heavy atom. The molecule has 0 N–H and O–H groups in total. The summed E-state index contributed by atoms with van der Waals surface area (Å²) in [4.78, 5) is 7.72. The van der Waals surface area contributed by atoms with Gasteiger partial charge in [-0.25, -0.2) is 4.98 Å². The number of aromatic nitrogens is 6. The summed E-state index contributed by atoms with van der Waals surface area (Å²) in [5.74, 6) is -1.63. The van der Waals surface area contributed by atoms with Crippen molar-refractivity contribution in [3.05, 3.63) is 52.8 Å². The molecule has 0 fully saturated rings. The summed E-state index contributed by atoms with van der Waals surface area (Å²) in [7, 11) is 1.80. The van der Waals surface area contributed by atoms with E-state index < -0.39 is 12.0 Å². The van der Waals surface area contributed by atoms with E-state index in [-0.39, 0.29) is 11.6 Å². The SMILES string of the molecule is Cn1cc2c(n1)-c1cc(Cl)ccc1-n1cnc(-c3nc(C(F)(F)F)no3)c1C2. The summed E-state index contributed by atoms with van der Waals surface area (Å²) in [6, 6.07) is 5.34. The van der Waals surface area contributed by atoms with Gasteiger partial charge >= 0.3 is 6.18 Å². The molecule has 0 saturated heterocycles. The highest BCUT2D eigenvalue weighted by Crippen LogP contribution is 2.38. The van der Waals surface area contributed by atoms with Gasteiger partial charge in [-0.1, -0.05) is 16.8 Å². The highest BCUT2D eigenvalue weighted by atomic mass is 35.5. The van der Waals surface area contributed by atoms with Gasteiger partial charge < -0.3 is 9.09 Å². The van der Waals surface area contributed by atoms with Crippen molar-refractivity contribution >= 4 is 11.6 Å². The Morgan fingerprint density at radius 2 is 2.04 bits per heavy atom. The first-order valence-electron chi connectivity index (χ1n) is 8.11. The number of hydrogen-bond donors (Lipinski definition) is 0. The van der Waals surface area contributed by atoms with Crippen molar-refractivity contribution in [3.8, 4) is 28.5 Å². The number of benzene rings is 1. The van der Waals surface area contributed by atoms with E-state index in [1.807, 2.05) is 12.3 Å². The second kappa shape index (κ2) is 5.68. The Kier molecular flexibility index (Phi) is 3.45. The molecule has 3 aromatic heterocycles. The highest BCUT2D eigenvalue weighted by Gasteiger charge is 2.38. The summed E-state index contributed by atoms with van der Waals surface area (Å²) in [6.07, 6.45) is -0.963. The largest absolute Gasteiger partial charge is 0.455 e. The molecule has 4 heterocycles. The van der Waals surface area contributed by atoms with E-state index in [2.05, 4.69) is 20.2 Å². The molecular formula is C17H10ClF3N6O. The van der Waals surface area contributed by atoms with E-state index in [9.17, 15) is 13.2 Å². The molecule has 0 atom stereocenters. The Hall–Kier alpha value is -3.14. The molecule has 0 radical (unpaired) electrons. The van der Waals surface area contributed by atoms with Gasteiger partial charge in [-0.3, -0.25) is 4.68 Å². The average molecular weight is 407 g/mol. The summed E-state index contributed by atoms with van der Waals surface area (Å²) in [5, 5.41) is 8.09. The van der Waals surface area contributed by atoms with E-state index in [0.29, 0.717) is 17.1 Å². The van der Waals surface area contributed by atoms with Gasteiger partial charge in [0.25, 0.3) is 11.7 Å². The third-order valence-corrected chi connectivity index (χ3v) is 4.72. The van der Waals surface area contributed by atoms with Crippen LogP contribution in [0.2, 0.25) is 5.02 Å². The fraction of sp³-hybridized carbons (Fsp3) is 0.176. The van der Waals surface area contributed by atoms with E-state index >= 15 is 0 Å². The Balaban J connectivity index is 1.73. The Morgan fingerprint density at radius 3 is 2.79 bits per heavy atom. The van der Waals surface area contributed by atoms with Crippen LogP contribution in [-0.4, -0.2) is 29.5 Å². The van der Waals surface area contributed by atoms with Gasteiger partial charge in [0, 0.05) is 35.8 Å². The normalized spacial score (nSPS) is 13.0. The van der Waals surface area contributed by atoms with Gasteiger partial charge in [0.15, 0.2) is 5.69 Å². The molecule has 11 heteroatoms. The lowest BCUT2D eigenvalue weighted by molar-refractivity contribution is -0.146. The summed E-state index contributed by atoms with van der Waals surface area (Å²) >= 11 is 6.18. The number of halogens is 4. The maximum atomic E-state index is 12.8. The second-order valence-electron chi connectivity index (χ2n) is 6.35. The van der Waals surface area contributed by atoms with E-state index in [1.54, 1.807) is 28.4 Å². The summed E-state index contributed by atoms with van der Waals surface area (Å²) in [5.41, 5.74) is 3.99. The van der Waals surface area contributed by atoms with Crippen LogP contribution in [0.4, 0.5) is 13.2 Å². The van der Waals surface area contributed by atoms with Crippen molar-refractivity contribution in [2.45, 2.75) is 12.6 Å². The zero-order valence-corrected chi connectivity index (χ0v) is 15.0. The highest BCUT2D eigenvalue weighted by molar-refractivity contribution is 6.31. The molecule has 7 nitrogen and oxygen atoms in total. The molecule has 0 amide bonds. The van der Waals surface area contributed by atoms with Gasteiger partial charge in [-0.15, -0.1) is 0 Å². The molecule has 1 aliphatic heterocycles. The maximum Gasteiger partial charge on any atom is 0.455 e. The molecule has 5 rings (SSSR count). The lowest BCUT2D eigenvalue weighted by Gasteiger charge is -2.09. The van der Waals surface area contributed by atoms with Crippen LogP contribution >= 0.6 is 11.6 Å². The van der Waals surface area contributed by atoms with Crippen LogP contribution in [0.15, 0.2) is 35.2 Å². The minimum atomic E-state index is -4.70. The minimum absolute atomic E-state index is 0.195. The third kappa shape index (κ3) is 2.52. The smallest absolute Gasteiger partial charge is 0.332 e. The van der Waals surface area contributed by atoms with Crippen LogP contribution in [0.25, 0.3) is 28.5 Å². The van der Waals surface area contributed by atoms with Crippen LogP contribution in [0.3, 0.4) is 0 Å². The van der Waals surface area contributed by atoms with Crippen molar-refractivity contribution in [3.63, 3.8) is 0 Å². The van der Waals surface area contributed by atoms with Crippen LogP contribution in [-0.2, 0) is 19.6 Å². The molecule has 28 heavy (non-hydrogen) atoms. The first-order chi connectivity index (χ1) is 13.3. The zero-order chi connectivity index (χ0) is 19.6. The third-order valence-electron chi connectivity index (χ3n) is 4.48.